The highest BCUT2D eigenvalue weighted by Gasteiger charge is 2.26. The average molecular weight is 446 g/mol. The molecule has 1 aliphatic rings. The van der Waals surface area contributed by atoms with E-state index in [2.05, 4.69) is 24.1 Å². The van der Waals surface area contributed by atoms with Crippen molar-refractivity contribution in [2.45, 2.75) is 52.1 Å². The minimum Gasteiger partial charge on any atom is -0.449 e. The number of carbonyl (C=O) groups excluding carboxylic acids is 2. The third-order valence-electron chi connectivity index (χ3n) is 6.34. The van der Waals surface area contributed by atoms with Gasteiger partial charge in [-0.2, -0.15) is 0 Å². The van der Waals surface area contributed by atoms with E-state index in [1.807, 2.05) is 54.6 Å². The van der Waals surface area contributed by atoms with Crippen LogP contribution in [0.4, 0.5) is 11.5 Å². The fraction of sp³-hybridized carbons (Fsp3) is 0.370. The van der Waals surface area contributed by atoms with Crippen LogP contribution < -0.4 is 10.2 Å². The molecule has 1 amide bonds. The maximum absolute atomic E-state index is 13.2. The summed E-state index contributed by atoms with van der Waals surface area (Å²) in [7, 11) is 0. The van der Waals surface area contributed by atoms with Gasteiger partial charge in [-0.05, 0) is 55.9 Å². The number of esters is 1. The molecule has 1 N–H and O–H groups in total. The molecule has 2 heterocycles. The maximum atomic E-state index is 13.2. The number of carbonyl (C=O) groups is 2. The summed E-state index contributed by atoms with van der Waals surface area (Å²) in [6.07, 6.45) is 2.15. The molecule has 6 heteroatoms. The van der Waals surface area contributed by atoms with E-state index in [4.69, 9.17) is 9.72 Å². The van der Waals surface area contributed by atoms with Gasteiger partial charge in [-0.1, -0.05) is 50.2 Å². The molecule has 4 rings (SSSR count). The third-order valence-corrected chi connectivity index (χ3v) is 6.34. The zero-order valence-corrected chi connectivity index (χ0v) is 19.5. The SMILES string of the molecule is CCC(C)c1ccccc1NC(=O)C(C)OC(=O)c1cc2ccccc2nc1N1CCCC1. The van der Waals surface area contributed by atoms with E-state index >= 15 is 0 Å². The molecule has 0 bridgehead atoms. The summed E-state index contributed by atoms with van der Waals surface area (Å²) in [6.45, 7) is 7.55. The van der Waals surface area contributed by atoms with E-state index in [0.717, 1.165) is 54.5 Å². The Bertz CT molecular complexity index is 1150. The lowest BCUT2D eigenvalue weighted by atomic mass is 9.97. The van der Waals surface area contributed by atoms with E-state index in [9.17, 15) is 9.59 Å². The number of hydrogen-bond acceptors (Lipinski definition) is 5. The molecule has 1 fully saturated rings. The van der Waals surface area contributed by atoms with Crippen LogP contribution in [0.15, 0.2) is 54.6 Å². The van der Waals surface area contributed by atoms with Crippen molar-refractivity contribution in [3.63, 3.8) is 0 Å². The van der Waals surface area contributed by atoms with Gasteiger partial charge in [0.05, 0.1) is 5.52 Å². The molecule has 33 heavy (non-hydrogen) atoms. The Morgan fingerprint density at radius 2 is 1.76 bits per heavy atom. The smallest absolute Gasteiger partial charge is 0.342 e. The molecular weight excluding hydrogens is 414 g/mol. The summed E-state index contributed by atoms with van der Waals surface area (Å²) in [5, 5.41) is 3.81. The number of nitrogens with one attached hydrogen (secondary N) is 1. The number of hydrogen-bond donors (Lipinski definition) is 1. The molecule has 0 saturated carbocycles. The number of nitrogens with zero attached hydrogens (tertiary/aromatic N) is 2. The van der Waals surface area contributed by atoms with Crippen molar-refractivity contribution < 1.29 is 14.3 Å². The van der Waals surface area contributed by atoms with Gasteiger partial charge in [0.15, 0.2) is 6.10 Å². The van der Waals surface area contributed by atoms with Crippen LogP contribution in [-0.2, 0) is 9.53 Å². The minimum absolute atomic E-state index is 0.311. The standard InChI is InChI=1S/C27H31N3O3/c1-4-18(2)21-12-6-8-14-24(21)29-26(31)19(3)33-27(32)22-17-20-11-5-7-13-23(20)28-25(22)30-15-9-10-16-30/h5-8,11-14,17-19H,4,9-10,15-16H2,1-3H3,(H,29,31). The Balaban J connectivity index is 1.54. The van der Waals surface area contributed by atoms with E-state index in [-0.39, 0.29) is 5.91 Å². The number of aromatic nitrogens is 1. The second kappa shape index (κ2) is 10.0. The molecule has 6 nitrogen and oxygen atoms in total. The van der Waals surface area contributed by atoms with Crippen LogP contribution in [-0.4, -0.2) is 36.1 Å². The fourth-order valence-electron chi connectivity index (χ4n) is 4.20. The van der Waals surface area contributed by atoms with Crippen LogP contribution in [0.25, 0.3) is 10.9 Å². The van der Waals surface area contributed by atoms with Crippen molar-refractivity contribution in [2.24, 2.45) is 0 Å². The highest BCUT2D eigenvalue weighted by Crippen LogP contribution is 2.29. The number of rotatable bonds is 7. The quantitative estimate of drug-likeness (QED) is 0.484. The predicted molar refractivity (Wildman–Crippen MR) is 132 cm³/mol. The van der Waals surface area contributed by atoms with Gasteiger partial charge in [-0.15, -0.1) is 0 Å². The molecule has 0 spiro atoms. The van der Waals surface area contributed by atoms with E-state index < -0.39 is 12.1 Å². The monoisotopic (exact) mass is 445 g/mol. The molecule has 2 atom stereocenters. The van der Waals surface area contributed by atoms with Crippen molar-refractivity contribution in [1.82, 2.24) is 4.98 Å². The van der Waals surface area contributed by atoms with E-state index in [1.165, 1.54) is 0 Å². The lowest BCUT2D eigenvalue weighted by Gasteiger charge is -2.21. The van der Waals surface area contributed by atoms with Gasteiger partial charge < -0.3 is 15.0 Å². The van der Waals surface area contributed by atoms with Crippen molar-refractivity contribution >= 4 is 34.3 Å². The molecule has 0 aliphatic carbocycles. The lowest BCUT2D eigenvalue weighted by Crippen LogP contribution is -2.31. The first-order chi connectivity index (χ1) is 16.0. The van der Waals surface area contributed by atoms with Crippen LogP contribution in [0, 0.1) is 0 Å². The predicted octanol–water partition coefficient (Wildman–Crippen LogP) is 5.53. The van der Waals surface area contributed by atoms with Gasteiger partial charge >= 0.3 is 5.97 Å². The number of benzene rings is 2. The van der Waals surface area contributed by atoms with Crippen LogP contribution >= 0.6 is 0 Å². The third kappa shape index (κ3) is 5.00. The Morgan fingerprint density at radius 1 is 1.06 bits per heavy atom. The first kappa shape index (κ1) is 22.8. The molecular formula is C27H31N3O3. The highest BCUT2D eigenvalue weighted by molar-refractivity contribution is 6.02. The van der Waals surface area contributed by atoms with Crippen LogP contribution in [0.3, 0.4) is 0 Å². The van der Waals surface area contributed by atoms with Gasteiger partial charge in [-0.25, -0.2) is 9.78 Å². The van der Waals surface area contributed by atoms with E-state index in [1.54, 1.807) is 6.92 Å². The minimum atomic E-state index is -0.944. The summed E-state index contributed by atoms with van der Waals surface area (Å²) in [4.78, 5) is 33.0. The topological polar surface area (TPSA) is 71.5 Å². The van der Waals surface area contributed by atoms with Gasteiger partial charge in [0.1, 0.15) is 11.4 Å². The largest absolute Gasteiger partial charge is 0.449 e. The van der Waals surface area contributed by atoms with Crippen LogP contribution in [0.1, 0.15) is 61.9 Å². The average Bonchev–Trinajstić information content (AvgIpc) is 3.38. The molecule has 1 saturated heterocycles. The van der Waals surface area contributed by atoms with Crippen LogP contribution in [0.5, 0.6) is 0 Å². The fourth-order valence-corrected chi connectivity index (χ4v) is 4.20. The second-order valence-corrected chi connectivity index (χ2v) is 8.68. The number of para-hydroxylation sites is 2. The first-order valence-corrected chi connectivity index (χ1v) is 11.7. The van der Waals surface area contributed by atoms with Gasteiger partial charge in [0.2, 0.25) is 0 Å². The van der Waals surface area contributed by atoms with Crippen molar-refractivity contribution in [2.75, 3.05) is 23.3 Å². The molecule has 172 valence electrons. The number of anilines is 2. The Kier molecular flexibility index (Phi) is 6.92. The van der Waals surface area contributed by atoms with Crippen LogP contribution in [0.2, 0.25) is 0 Å². The Hall–Kier alpha value is -3.41. The maximum Gasteiger partial charge on any atom is 0.342 e. The summed E-state index contributed by atoms with van der Waals surface area (Å²) in [5.41, 5.74) is 3.06. The molecule has 1 aliphatic heterocycles. The molecule has 1 aromatic heterocycles. The number of fused-ring (bicyclic) bond motifs is 1. The Morgan fingerprint density at radius 3 is 2.52 bits per heavy atom. The molecule has 2 unspecified atom stereocenters. The van der Waals surface area contributed by atoms with Gasteiger partial charge in [0.25, 0.3) is 5.91 Å². The molecule has 2 aromatic carbocycles. The number of ether oxygens (including phenoxy) is 1. The summed E-state index contributed by atoms with van der Waals surface area (Å²) >= 11 is 0. The number of amides is 1. The van der Waals surface area contributed by atoms with Gasteiger partial charge in [0, 0.05) is 24.2 Å². The normalized spacial score (nSPS) is 15.3. The zero-order valence-electron chi connectivity index (χ0n) is 19.5. The first-order valence-electron chi connectivity index (χ1n) is 11.7. The molecule has 0 radical (unpaired) electrons. The second-order valence-electron chi connectivity index (χ2n) is 8.68. The van der Waals surface area contributed by atoms with Crippen molar-refractivity contribution in [1.29, 1.82) is 0 Å². The number of pyridine rings is 1. The summed E-state index contributed by atoms with van der Waals surface area (Å²) in [5.74, 6) is 0.0561. The lowest BCUT2D eigenvalue weighted by molar-refractivity contribution is -0.123. The van der Waals surface area contributed by atoms with E-state index in [0.29, 0.717) is 17.3 Å². The Labute approximate surface area is 195 Å². The summed E-state index contributed by atoms with van der Waals surface area (Å²) in [6, 6.07) is 17.3. The summed E-state index contributed by atoms with van der Waals surface area (Å²) < 4.78 is 5.63. The van der Waals surface area contributed by atoms with Crippen molar-refractivity contribution in [3.8, 4) is 0 Å². The molecule has 3 aromatic rings. The van der Waals surface area contributed by atoms with Gasteiger partial charge in [-0.3, -0.25) is 4.79 Å². The highest BCUT2D eigenvalue weighted by atomic mass is 16.5. The zero-order chi connectivity index (χ0) is 23.4. The van der Waals surface area contributed by atoms with Crippen molar-refractivity contribution in [3.05, 3.63) is 65.7 Å².